The molecule has 164 valence electrons. The number of piperazine rings is 1. The lowest BCUT2D eigenvalue weighted by Gasteiger charge is -2.37. The van der Waals surface area contributed by atoms with E-state index in [0.29, 0.717) is 37.7 Å². The number of rotatable bonds is 4. The first-order chi connectivity index (χ1) is 15.6. The molecule has 0 spiro atoms. The molecule has 1 fully saturated rings. The van der Waals surface area contributed by atoms with E-state index >= 15 is 0 Å². The third kappa shape index (κ3) is 5.03. The smallest absolute Gasteiger partial charge is 0.329 e. The number of hydrogen-bond donors (Lipinski definition) is 1. The Morgan fingerprint density at radius 1 is 0.750 bits per heavy atom. The van der Waals surface area contributed by atoms with E-state index in [1.165, 1.54) is 0 Å². The number of urea groups is 2. The first-order valence-corrected chi connectivity index (χ1v) is 11.0. The fraction of sp³-hybridized carbons (Fsp3) is 0.200. The Hall–Kier alpha value is -3.51. The fourth-order valence-corrected chi connectivity index (χ4v) is 3.89. The Bertz CT molecular complexity index is 1010. The van der Waals surface area contributed by atoms with E-state index in [1.54, 1.807) is 20.8 Å². The summed E-state index contributed by atoms with van der Waals surface area (Å²) in [5.41, 5.74) is 2.49. The summed E-state index contributed by atoms with van der Waals surface area (Å²) in [6, 6.07) is 26.4. The van der Waals surface area contributed by atoms with Crippen LogP contribution in [0.4, 0.5) is 21.0 Å². The van der Waals surface area contributed by atoms with Gasteiger partial charge in [-0.3, -0.25) is 4.90 Å². The molecule has 4 amide bonds. The number of carbonyl (C=O) groups excluding carboxylic acids is 2. The second-order valence-corrected chi connectivity index (χ2v) is 7.92. The molecule has 0 aliphatic carbocycles. The highest BCUT2D eigenvalue weighted by atomic mass is 35.5. The molecule has 32 heavy (non-hydrogen) atoms. The largest absolute Gasteiger partial charge is 0.334 e. The molecule has 4 rings (SSSR count). The predicted octanol–water partition coefficient (Wildman–Crippen LogP) is 5.13. The number of amides is 4. The van der Waals surface area contributed by atoms with E-state index in [2.05, 4.69) is 5.32 Å². The zero-order valence-corrected chi connectivity index (χ0v) is 18.4. The Labute approximate surface area is 193 Å². The molecule has 1 heterocycles. The predicted molar refractivity (Wildman–Crippen MR) is 127 cm³/mol. The summed E-state index contributed by atoms with van der Waals surface area (Å²) in [7, 11) is 0. The van der Waals surface area contributed by atoms with Crippen molar-refractivity contribution in [3.05, 3.63) is 95.5 Å². The average Bonchev–Trinajstić information content (AvgIpc) is 2.85. The van der Waals surface area contributed by atoms with Crippen molar-refractivity contribution in [2.45, 2.75) is 6.54 Å². The number of hydrogen-bond acceptors (Lipinski definition) is 2. The topological polar surface area (TPSA) is 55.9 Å². The number of carbonyl (C=O) groups is 2. The number of anilines is 2. The molecule has 0 radical (unpaired) electrons. The van der Waals surface area contributed by atoms with Crippen molar-refractivity contribution in [3.63, 3.8) is 0 Å². The normalized spacial score (nSPS) is 13.5. The van der Waals surface area contributed by atoms with E-state index < -0.39 is 0 Å². The molecule has 1 aliphatic rings. The maximum Gasteiger partial charge on any atom is 0.329 e. The maximum atomic E-state index is 13.4. The first-order valence-electron chi connectivity index (χ1n) is 10.6. The van der Waals surface area contributed by atoms with Crippen LogP contribution in [0.5, 0.6) is 0 Å². The molecule has 0 saturated carbocycles. The summed E-state index contributed by atoms with van der Waals surface area (Å²) in [6.45, 7) is 2.24. The highest BCUT2D eigenvalue weighted by Gasteiger charge is 2.28. The van der Waals surface area contributed by atoms with Crippen LogP contribution >= 0.6 is 11.6 Å². The van der Waals surface area contributed by atoms with Crippen molar-refractivity contribution in [1.82, 2.24) is 15.1 Å². The van der Waals surface area contributed by atoms with E-state index in [-0.39, 0.29) is 12.1 Å². The van der Waals surface area contributed by atoms with Crippen molar-refractivity contribution in [1.29, 1.82) is 0 Å². The number of halogens is 1. The molecular weight excluding hydrogens is 424 g/mol. The van der Waals surface area contributed by atoms with Crippen LogP contribution in [-0.4, -0.2) is 48.0 Å². The van der Waals surface area contributed by atoms with E-state index in [0.717, 1.165) is 16.9 Å². The molecule has 7 heteroatoms. The lowest BCUT2D eigenvalue weighted by atomic mass is 10.2. The van der Waals surface area contributed by atoms with E-state index in [9.17, 15) is 9.59 Å². The van der Waals surface area contributed by atoms with Crippen LogP contribution < -0.4 is 10.2 Å². The summed E-state index contributed by atoms with van der Waals surface area (Å²) >= 11 is 6.16. The average molecular weight is 449 g/mol. The van der Waals surface area contributed by atoms with Gasteiger partial charge in [0.25, 0.3) is 0 Å². The van der Waals surface area contributed by atoms with Crippen LogP contribution in [0, 0.1) is 0 Å². The highest BCUT2D eigenvalue weighted by Crippen LogP contribution is 2.27. The van der Waals surface area contributed by atoms with Crippen molar-refractivity contribution in [2.24, 2.45) is 0 Å². The number of benzene rings is 3. The third-order valence-corrected chi connectivity index (χ3v) is 5.81. The van der Waals surface area contributed by atoms with Gasteiger partial charge in [-0.25, -0.2) is 9.59 Å². The van der Waals surface area contributed by atoms with Crippen molar-refractivity contribution >= 4 is 35.0 Å². The lowest BCUT2D eigenvalue weighted by Crippen LogP contribution is -2.55. The zero-order chi connectivity index (χ0) is 22.3. The van der Waals surface area contributed by atoms with Gasteiger partial charge in [-0.2, -0.15) is 0 Å². The van der Waals surface area contributed by atoms with E-state index in [1.807, 2.05) is 78.9 Å². The van der Waals surface area contributed by atoms with Crippen molar-refractivity contribution in [3.8, 4) is 0 Å². The third-order valence-electron chi connectivity index (χ3n) is 5.45. The molecule has 0 atom stereocenters. The molecule has 0 aromatic heterocycles. The van der Waals surface area contributed by atoms with Gasteiger partial charge >= 0.3 is 12.1 Å². The van der Waals surface area contributed by atoms with Gasteiger partial charge in [-0.15, -0.1) is 0 Å². The minimum Gasteiger partial charge on any atom is -0.334 e. The van der Waals surface area contributed by atoms with Crippen LogP contribution in [-0.2, 0) is 6.54 Å². The van der Waals surface area contributed by atoms with Gasteiger partial charge < -0.3 is 15.1 Å². The molecule has 1 saturated heterocycles. The van der Waals surface area contributed by atoms with Gasteiger partial charge in [0, 0.05) is 37.7 Å². The first kappa shape index (κ1) is 21.7. The highest BCUT2D eigenvalue weighted by molar-refractivity contribution is 6.31. The zero-order valence-electron chi connectivity index (χ0n) is 17.7. The number of nitrogens with zero attached hydrogens (tertiary/aromatic N) is 3. The van der Waals surface area contributed by atoms with Gasteiger partial charge in [0.05, 0.1) is 11.4 Å². The summed E-state index contributed by atoms with van der Waals surface area (Å²) in [5, 5.41) is 3.55. The standard InChI is InChI=1S/C25H25ClN4O2/c26-23-14-8-7-9-20(23)19-27-24(31)28-15-17-29(18-16-28)25(32)30(21-10-3-1-4-11-21)22-12-5-2-6-13-22/h1-14H,15-19H2,(H,27,31). The summed E-state index contributed by atoms with van der Waals surface area (Å²) in [4.78, 5) is 31.3. The Morgan fingerprint density at radius 3 is 1.81 bits per heavy atom. The Kier molecular flexibility index (Phi) is 6.92. The van der Waals surface area contributed by atoms with Crippen LogP contribution in [0.3, 0.4) is 0 Å². The quantitative estimate of drug-likeness (QED) is 0.601. The lowest BCUT2D eigenvalue weighted by molar-refractivity contribution is 0.147. The SMILES string of the molecule is O=C(NCc1ccccc1Cl)N1CCN(C(=O)N(c2ccccc2)c2ccccc2)CC1. The Morgan fingerprint density at radius 2 is 1.25 bits per heavy atom. The Balaban J connectivity index is 1.38. The van der Waals surface area contributed by atoms with Gasteiger partial charge in [0.15, 0.2) is 0 Å². The van der Waals surface area contributed by atoms with Crippen molar-refractivity contribution in [2.75, 3.05) is 31.1 Å². The number of para-hydroxylation sites is 2. The summed E-state index contributed by atoms with van der Waals surface area (Å²) in [5.74, 6) is 0. The fourth-order valence-electron chi connectivity index (χ4n) is 3.69. The van der Waals surface area contributed by atoms with Crippen LogP contribution in [0.15, 0.2) is 84.9 Å². The number of nitrogens with one attached hydrogen (secondary N) is 1. The maximum absolute atomic E-state index is 13.4. The van der Waals surface area contributed by atoms with Crippen LogP contribution in [0.25, 0.3) is 0 Å². The molecule has 1 N–H and O–H groups in total. The molecule has 6 nitrogen and oxygen atoms in total. The summed E-state index contributed by atoms with van der Waals surface area (Å²) in [6.07, 6.45) is 0. The molecular formula is C25H25ClN4O2. The van der Waals surface area contributed by atoms with Crippen molar-refractivity contribution < 1.29 is 9.59 Å². The minimum atomic E-state index is -0.153. The minimum absolute atomic E-state index is 0.0986. The second-order valence-electron chi connectivity index (χ2n) is 7.51. The van der Waals surface area contributed by atoms with Crippen LogP contribution in [0.1, 0.15) is 5.56 Å². The second kappa shape index (κ2) is 10.2. The molecule has 3 aromatic carbocycles. The van der Waals surface area contributed by atoms with Gasteiger partial charge in [-0.05, 0) is 35.9 Å². The van der Waals surface area contributed by atoms with Gasteiger partial charge in [0.1, 0.15) is 0 Å². The van der Waals surface area contributed by atoms with E-state index in [4.69, 9.17) is 11.6 Å². The molecule has 0 bridgehead atoms. The molecule has 0 unspecified atom stereocenters. The summed E-state index contributed by atoms with van der Waals surface area (Å²) < 4.78 is 0. The monoisotopic (exact) mass is 448 g/mol. The molecule has 1 aliphatic heterocycles. The molecule has 3 aromatic rings. The van der Waals surface area contributed by atoms with Gasteiger partial charge in [-0.1, -0.05) is 66.2 Å². The van der Waals surface area contributed by atoms with Gasteiger partial charge in [0.2, 0.25) is 0 Å². The van der Waals surface area contributed by atoms with Crippen LogP contribution in [0.2, 0.25) is 5.02 Å².